The van der Waals surface area contributed by atoms with Crippen LogP contribution in [0.3, 0.4) is 0 Å². The highest BCUT2D eigenvalue weighted by molar-refractivity contribution is 7.80. The summed E-state index contributed by atoms with van der Waals surface area (Å²) in [5.74, 6) is 0. The number of rotatable bonds is 6. The Labute approximate surface area is 234 Å². The van der Waals surface area contributed by atoms with Crippen molar-refractivity contribution in [2.24, 2.45) is 0 Å². The van der Waals surface area contributed by atoms with Crippen LogP contribution in [0.15, 0.2) is 132 Å². The molecule has 0 rings (SSSR count). The van der Waals surface area contributed by atoms with Crippen LogP contribution in [-0.2, 0) is 19.3 Å². The van der Waals surface area contributed by atoms with E-state index in [1.54, 1.807) is 6.92 Å². The van der Waals surface area contributed by atoms with Gasteiger partial charge in [-0.15, -0.1) is 132 Å². The van der Waals surface area contributed by atoms with Crippen molar-refractivity contribution in [1.82, 2.24) is 0 Å². The van der Waals surface area contributed by atoms with Crippen molar-refractivity contribution in [1.29, 1.82) is 0 Å². The average Bonchev–Trinajstić information content (AvgIpc) is 3.02. The highest BCUT2D eigenvalue weighted by Gasteiger charge is 1.99. The fourth-order valence-electron chi connectivity index (χ4n) is 0.393. The van der Waals surface area contributed by atoms with E-state index in [2.05, 4.69) is 136 Å². The molecular formula is C29H64O7S. The van der Waals surface area contributed by atoms with E-state index in [1.165, 1.54) is 0 Å². The zero-order valence-electron chi connectivity index (χ0n) is 24.8. The molecule has 0 spiro atoms. The monoisotopic (exact) mass is 556 g/mol. The van der Waals surface area contributed by atoms with Crippen molar-refractivity contribution in [2.45, 2.75) is 27.2 Å². The van der Waals surface area contributed by atoms with E-state index < -0.39 is 10.4 Å². The van der Waals surface area contributed by atoms with Crippen LogP contribution in [0.2, 0.25) is 0 Å². The maximum atomic E-state index is 9.72. The first kappa shape index (κ1) is 83.9. The van der Waals surface area contributed by atoms with Gasteiger partial charge in [-0.1, -0.05) is 6.92 Å². The number of hydrogen-bond acceptors (Lipinski definition) is 6. The molecule has 0 unspecified atom stereocenters. The van der Waals surface area contributed by atoms with E-state index in [1.807, 2.05) is 13.8 Å². The molecule has 0 aromatic carbocycles. The summed E-state index contributed by atoms with van der Waals surface area (Å²) < 4.78 is 36.1. The lowest BCUT2D eigenvalue weighted by molar-refractivity contribution is 0.162. The van der Waals surface area contributed by atoms with Crippen LogP contribution in [0.25, 0.3) is 0 Å². The second kappa shape index (κ2) is 276. The van der Waals surface area contributed by atoms with Gasteiger partial charge in [-0.05, 0) is 20.3 Å². The van der Waals surface area contributed by atoms with Gasteiger partial charge in [0.25, 0.3) is 0 Å². The van der Waals surface area contributed by atoms with Gasteiger partial charge >= 0.3 is 10.4 Å². The lowest BCUT2D eigenvalue weighted by Gasteiger charge is -1.92. The third-order valence-corrected chi connectivity index (χ3v) is 1.41. The summed E-state index contributed by atoms with van der Waals surface area (Å²) >= 11 is 0. The van der Waals surface area contributed by atoms with Crippen molar-refractivity contribution >= 4 is 10.4 Å². The fourth-order valence-corrected chi connectivity index (χ4v) is 0.770. The van der Waals surface area contributed by atoms with Gasteiger partial charge in [0.15, 0.2) is 0 Å². The zero-order chi connectivity index (χ0) is 34.2. The van der Waals surface area contributed by atoms with Gasteiger partial charge in [0, 0.05) is 13.2 Å². The normalized spacial score (nSPS) is 5.57. The molecule has 0 aromatic heterocycles. The quantitative estimate of drug-likeness (QED) is 0.223. The lowest BCUT2D eigenvalue weighted by Crippen LogP contribution is -2.03. The Morgan fingerprint density at radius 2 is 0.703 bits per heavy atom. The smallest absolute Gasteiger partial charge is 0.394 e. The van der Waals surface area contributed by atoms with Crippen LogP contribution in [-0.4, -0.2) is 56.2 Å². The van der Waals surface area contributed by atoms with Gasteiger partial charge in [0.05, 0.1) is 19.8 Å². The predicted octanol–water partition coefficient (Wildman–Crippen LogP) is 8.25. The van der Waals surface area contributed by atoms with Gasteiger partial charge < -0.3 is 14.9 Å². The molecule has 0 bridgehead atoms. The summed E-state index contributed by atoms with van der Waals surface area (Å²) in [6, 6.07) is 0. The van der Waals surface area contributed by atoms with Crippen molar-refractivity contribution in [3.8, 4) is 0 Å². The molecule has 0 aromatic rings. The first-order valence-electron chi connectivity index (χ1n) is 10.3. The topological polar surface area (TPSA) is 113 Å². The molecule has 0 aliphatic carbocycles. The van der Waals surface area contributed by atoms with E-state index in [0.717, 1.165) is 13.2 Å². The highest BCUT2D eigenvalue weighted by atomic mass is 32.3. The Hall–Kier alpha value is -2.85. The summed E-state index contributed by atoms with van der Waals surface area (Å²) in [5, 5.41) is 15.2. The third kappa shape index (κ3) is 1210. The molecule has 0 amide bonds. The van der Waals surface area contributed by atoms with Crippen molar-refractivity contribution in [2.75, 3.05) is 33.0 Å². The van der Waals surface area contributed by atoms with E-state index >= 15 is 0 Å². The van der Waals surface area contributed by atoms with Crippen LogP contribution in [0.5, 0.6) is 0 Å². The van der Waals surface area contributed by atoms with Gasteiger partial charge in [-0.2, -0.15) is 8.42 Å². The van der Waals surface area contributed by atoms with Crippen LogP contribution in [0.4, 0.5) is 0 Å². The summed E-state index contributed by atoms with van der Waals surface area (Å²) in [5.41, 5.74) is 0. The fraction of sp³-hybridized carbons (Fsp3) is 0.310. The second-order valence-corrected chi connectivity index (χ2v) is 3.57. The van der Waals surface area contributed by atoms with Crippen LogP contribution in [0.1, 0.15) is 27.2 Å². The van der Waals surface area contributed by atoms with Crippen LogP contribution >= 0.6 is 0 Å². The van der Waals surface area contributed by atoms with Gasteiger partial charge in [0.1, 0.15) is 0 Å². The lowest BCUT2D eigenvalue weighted by atomic mass is 10.5. The second-order valence-electron chi connectivity index (χ2n) is 2.48. The molecule has 0 saturated heterocycles. The Balaban J connectivity index is -0.0000000162. The van der Waals surface area contributed by atoms with Crippen LogP contribution in [0, 0.1) is 0 Å². The molecule has 0 fully saturated rings. The molecule has 37 heavy (non-hydrogen) atoms. The molecule has 228 valence electrons. The van der Waals surface area contributed by atoms with Gasteiger partial charge in [0.2, 0.25) is 0 Å². The largest absolute Gasteiger partial charge is 0.397 e. The number of hydrogen-bond donors (Lipinski definition) is 3. The molecular weight excluding hydrogens is 492 g/mol. The summed E-state index contributed by atoms with van der Waals surface area (Å²) in [4.78, 5) is 0. The third-order valence-electron chi connectivity index (χ3n) is 0.945. The molecule has 0 atom stereocenters. The zero-order valence-corrected chi connectivity index (χ0v) is 25.6. The summed E-state index contributed by atoms with van der Waals surface area (Å²) in [6.07, 6.45) is 0.569. The van der Waals surface area contributed by atoms with E-state index in [4.69, 9.17) is 19.5 Å². The minimum atomic E-state index is -4.19. The van der Waals surface area contributed by atoms with Gasteiger partial charge in [-0.25, -0.2) is 4.18 Å². The molecule has 0 heterocycles. The molecule has 0 aliphatic rings. The standard InChI is InChI=1S/C4H10O.C3H8O4S.C2H6O2.10C2H4/c1-3-5-4-2;1-2-3-7-8(4,5)6;3-1-2-4;10*1-2/h3-4H2,1-2H3;2-3H2,1H3,(H,4,5,6);3-4H,1-2H2;10*1-2H2. The van der Waals surface area contributed by atoms with Crippen LogP contribution < -0.4 is 0 Å². The predicted molar refractivity (Wildman–Crippen MR) is 177 cm³/mol. The van der Waals surface area contributed by atoms with E-state index in [9.17, 15) is 8.42 Å². The SMILES string of the molecule is C=C.C=C.C=C.C=C.C=C.C=C.C=C.C=C.C=C.C=C.CCCOS(=O)(=O)O.CCOCC.OCCO. The Morgan fingerprint density at radius 3 is 0.730 bits per heavy atom. The van der Waals surface area contributed by atoms with Crippen molar-refractivity contribution in [3.63, 3.8) is 0 Å². The Bertz CT molecular complexity index is 302. The molecule has 0 saturated carbocycles. The number of ether oxygens (including phenoxy) is 1. The molecule has 8 heteroatoms. The van der Waals surface area contributed by atoms with Crippen molar-refractivity contribution in [3.05, 3.63) is 132 Å². The number of aliphatic hydroxyl groups is 2. The van der Waals surface area contributed by atoms with Crippen molar-refractivity contribution < 1.29 is 32.1 Å². The minimum Gasteiger partial charge on any atom is -0.394 e. The van der Waals surface area contributed by atoms with Gasteiger partial charge in [-0.3, -0.25) is 4.55 Å². The maximum absolute atomic E-state index is 9.72. The Kier molecular flexibility index (Phi) is 625. The first-order chi connectivity index (χ1) is 17.9. The molecule has 7 nitrogen and oxygen atoms in total. The first-order valence-corrected chi connectivity index (χ1v) is 11.7. The summed E-state index contributed by atoms with van der Waals surface area (Å²) in [7, 11) is -4.19. The summed E-state index contributed by atoms with van der Waals surface area (Å²) in [6.45, 7) is 67.2. The number of aliphatic hydroxyl groups excluding tert-OH is 2. The van der Waals surface area contributed by atoms with E-state index in [-0.39, 0.29) is 19.8 Å². The Morgan fingerprint density at radius 1 is 0.514 bits per heavy atom. The molecule has 0 radical (unpaired) electrons. The maximum Gasteiger partial charge on any atom is 0.397 e. The molecule has 0 aliphatic heterocycles. The van der Waals surface area contributed by atoms with E-state index in [0.29, 0.717) is 6.42 Å². The minimum absolute atomic E-state index is 0.0405. The average molecular weight is 557 g/mol. The highest BCUT2D eigenvalue weighted by Crippen LogP contribution is 1.86. The molecule has 3 N–H and O–H groups in total.